The van der Waals surface area contributed by atoms with Crippen LogP contribution in [0, 0.1) is 0 Å². The summed E-state index contributed by atoms with van der Waals surface area (Å²) in [7, 11) is 2.11. The van der Waals surface area contributed by atoms with Crippen molar-refractivity contribution in [3.8, 4) is 5.69 Å². The lowest BCUT2D eigenvalue weighted by Crippen LogP contribution is -2.27. The van der Waals surface area contributed by atoms with Crippen LogP contribution in [0.3, 0.4) is 0 Å². The molecule has 5 nitrogen and oxygen atoms in total. The van der Waals surface area contributed by atoms with Crippen molar-refractivity contribution in [1.82, 2.24) is 14.7 Å². The summed E-state index contributed by atoms with van der Waals surface area (Å²) in [6.07, 6.45) is 2.86. The van der Waals surface area contributed by atoms with Gasteiger partial charge in [0.2, 0.25) is 0 Å². The van der Waals surface area contributed by atoms with Crippen LogP contribution in [0.2, 0.25) is 0 Å². The van der Waals surface area contributed by atoms with E-state index in [-0.39, 0.29) is 0 Å². The Hall–Kier alpha value is -2.14. The number of rotatable bonds is 4. The van der Waals surface area contributed by atoms with Gasteiger partial charge in [-0.15, -0.1) is 0 Å². The average Bonchev–Trinajstić information content (AvgIpc) is 2.85. The Labute approximate surface area is 130 Å². The molecule has 1 aromatic heterocycles. The number of para-hydroxylation sites is 1. The molecule has 2 heterocycles. The van der Waals surface area contributed by atoms with Crippen LogP contribution in [0.5, 0.6) is 0 Å². The second kappa shape index (κ2) is 5.93. The van der Waals surface area contributed by atoms with Gasteiger partial charge in [-0.3, -0.25) is 0 Å². The van der Waals surface area contributed by atoms with E-state index in [0.29, 0.717) is 11.3 Å². The van der Waals surface area contributed by atoms with Crippen LogP contribution in [0.1, 0.15) is 40.7 Å². The Morgan fingerprint density at radius 2 is 2.14 bits per heavy atom. The number of benzene rings is 1. The molecule has 22 heavy (non-hydrogen) atoms. The van der Waals surface area contributed by atoms with Gasteiger partial charge in [-0.2, -0.15) is 5.10 Å². The highest BCUT2D eigenvalue weighted by Gasteiger charge is 2.25. The monoisotopic (exact) mass is 299 g/mol. The molecule has 0 fully saturated rings. The number of carboxylic acid groups (broad SMARTS) is 1. The second-order valence-corrected chi connectivity index (χ2v) is 5.84. The zero-order chi connectivity index (χ0) is 15.7. The van der Waals surface area contributed by atoms with Gasteiger partial charge in [-0.05, 0) is 25.6 Å². The summed E-state index contributed by atoms with van der Waals surface area (Å²) in [4.78, 5) is 13.8. The fourth-order valence-electron chi connectivity index (χ4n) is 3.10. The number of carbonyl (C=O) groups is 1. The highest BCUT2D eigenvalue weighted by molar-refractivity contribution is 5.91. The van der Waals surface area contributed by atoms with Gasteiger partial charge in [-0.1, -0.05) is 25.5 Å². The Kier molecular flexibility index (Phi) is 3.98. The Morgan fingerprint density at radius 1 is 1.36 bits per heavy atom. The minimum atomic E-state index is -0.912. The molecule has 3 rings (SSSR count). The van der Waals surface area contributed by atoms with Gasteiger partial charge in [0, 0.05) is 25.1 Å². The smallest absolute Gasteiger partial charge is 0.337 e. The van der Waals surface area contributed by atoms with Gasteiger partial charge >= 0.3 is 5.97 Å². The van der Waals surface area contributed by atoms with Crippen LogP contribution in [-0.2, 0) is 19.4 Å². The number of aromatic nitrogens is 2. The van der Waals surface area contributed by atoms with E-state index >= 15 is 0 Å². The number of hydrogen-bond acceptors (Lipinski definition) is 3. The Morgan fingerprint density at radius 3 is 2.86 bits per heavy atom. The van der Waals surface area contributed by atoms with Crippen LogP contribution < -0.4 is 0 Å². The van der Waals surface area contributed by atoms with Crippen LogP contribution in [0.25, 0.3) is 5.69 Å². The van der Waals surface area contributed by atoms with Gasteiger partial charge in [-0.25, -0.2) is 9.48 Å². The topological polar surface area (TPSA) is 58.4 Å². The molecule has 0 amide bonds. The lowest BCUT2D eigenvalue weighted by molar-refractivity contribution is 0.0696. The molecule has 0 saturated carbocycles. The third-order valence-electron chi connectivity index (χ3n) is 4.18. The van der Waals surface area contributed by atoms with E-state index < -0.39 is 5.97 Å². The van der Waals surface area contributed by atoms with Crippen LogP contribution in [0.4, 0.5) is 0 Å². The number of likely N-dealkylation sites (N-methyl/N-ethyl adjacent to an activating group) is 1. The molecule has 1 aromatic carbocycles. The summed E-state index contributed by atoms with van der Waals surface area (Å²) in [6, 6.07) is 7.10. The zero-order valence-corrected chi connectivity index (χ0v) is 13.0. The molecule has 0 saturated heterocycles. The molecule has 0 radical (unpaired) electrons. The zero-order valence-electron chi connectivity index (χ0n) is 13.0. The van der Waals surface area contributed by atoms with Crippen molar-refractivity contribution >= 4 is 5.97 Å². The maximum atomic E-state index is 11.5. The van der Waals surface area contributed by atoms with Gasteiger partial charge in [0.05, 0.1) is 22.6 Å². The standard InChI is InChI=1S/C17H21N3O2/c1-3-6-14-13-11-19(2)10-9-16(13)20(18-14)15-8-5-4-7-12(15)17(21)22/h4-5,7-8H,3,6,9-11H2,1-2H3,(H,21,22). The van der Waals surface area contributed by atoms with E-state index in [9.17, 15) is 9.90 Å². The lowest BCUT2D eigenvalue weighted by Gasteiger charge is -2.23. The van der Waals surface area contributed by atoms with Crippen LogP contribution >= 0.6 is 0 Å². The summed E-state index contributed by atoms with van der Waals surface area (Å²) < 4.78 is 1.86. The number of fused-ring (bicyclic) bond motifs is 1. The van der Waals surface area contributed by atoms with Crippen molar-refractivity contribution in [3.63, 3.8) is 0 Å². The van der Waals surface area contributed by atoms with Crippen LogP contribution in [0.15, 0.2) is 24.3 Å². The average molecular weight is 299 g/mol. The quantitative estimate of drug-likeness (QED) is 0.942. The molecule has 116 valence electrons. The molecule has 0 spiro atoms. The molecule has 0 aliphatic carbocycles. The van der Waals surface area contributed by atoms with Gasteiger partial charge < -0.3 is 10.0 Å². The molecule has 1 aliphatic rings. The number of hydrogen-bond donors (Lipinski definition) is 1. The Balaban J connectivity index is 2.16. The summed E-state index contributed by atoms with van der Waals surface area (Å²) in [5.41, 5.74) is 4.50. The largest absolute Gasteiger partial charge is 0.478 e. The fraction of sp³-hybridized carbons (Fsp3) is 0.412. The highest BCUT2D eigenvalue weighted by Crippen LogP contribution is 2.27. The lowest BCUT2D eigenvalue weighted by atomic mass is 10.0. The van der Waals surface area contributed by atoms with Crippen molar-refractivity contribution < 1.29 is 9.90 Å². The van der Waals surface area contributed by atoms with Crippen molar-refractivity contribution in [2.24, 2.45) is 0 Å². The number of nitrogens with zero attached hydrogens (tertiary/aromatic N) is 3. The van der Waals surface area contributed by atoms with E-state index in [1.807, 2.05) is 16.8 Å². The van der Waals surface area contributed by atoms with Crippen molar-refractivity contribution in [1.29, 1.82) is 0 Å². The first-order chi connectivity index (χ1) is 10.6. The number of aryl methyl sites for hydroxylation is 1. The van der Waals surface area contributed by atoms with E-state index in [2.05, 4.69) is 18.9 Å². The third kappa shape index (κ3) is 2.52. The summed E-state index contributed by atoms with van der Waals surface area (Å²) in [5.74, 6) is -0.912. The van der Waals surface area contributed by atoms with E-state index in [1.54, 1.807) is 12.1 Å². The molecular formula is C17H21N3O2. The fourth-order valence-corrected chi connectivity index (χ4v) is 3.10. The first kappa shape index (κ1) is 14.8. The second-order valence-electron chi connectivity index (χ2n) is 5.84. The number of carboxylic acids is 1. The molecule has 1 aliphatic heterocycles. The predicted octanol–water partition coefficient (Wildman–Crippen LogP) is 2.51. The first-order valence-electron chi connectivity index (χ1n) is 7.72. The summed E-state index contributed by atoms with van der Waals surface area (Å²) >= 11 is 0. The van der Waals surface area contributed by atoms with Crippen LogP contribution in [-0.4, -0.2) is 39.3 Å². The summed E-state index contributed by atoms with van der Waals surface area (Å²) in [6.45, 7) is 4.00. The van der Waals surface area contributed by atoms with Gasteiger partial charge in [0.25, 0.3) is 0 Å². The predicted molar refractivity (Wildman–Crippen MR) is 84.6 cm³/mol. The van der Waals surface area contributed by atoms with Gasteiger partial charge in [0.1, 0.15) is 0 Å². The molecule has 0 bridgehead atoms. The maximum absolute atomic E-state index is 11.5. The minimum absolute atomic E-state index is 0.301. The van der Waals surface area contributed by atoms with E-state index in [1.165, 1.54) is 5.56 Å². The van der Waals surface area contributed by atoms with E-state index in [0.717, 1.165) is 43.7 Å². The summed E-state index contributed by atoms with van der Waals surface area (Å²) in [5, 5.41) is 14.2. The molecular weight excluding hydrogens is 278 g/mol. The van der Waals surface area contributed by atoms with Crippen molar-refractivity contribution in [2.75, 3.05) is 13.6 Å². The first-order valence-corrected chi connectivity index (χ1v) is 7.72. The Bertz CT molecular complexity index is 706. The molecule has 2 aromatic rings. The molecule has 5 heteroatoms. The van der Waals surface area contributed by atoms with Crippen molar-refractivity contribution in [2.45, 2.75) is 32.7 Å². The molecule has 0 atom stereocenters. The highest BCUT2D eigenvalue weighted by atomic mass is 16.4. The minimum Gasteiger partial charge on any atom is -0.478 e. The van der Waals surface area contributed by atoms with E-state index in [4.69, 9.17) is 5.10 Å². The molecule has 1 N–H and O–H groups in total. The SMILES string of the molecule is CCCc1nn(-c2ccccc2C(=O)O)c2c1CN(C)CC2. The molecule has 0 unspecified atom stereocenters. The third-order valence-corrected chi connectivity index (χ3v) is 4.18. The normalized spacial score (nSPS) is 14.8. The number of aromatic carboxylic acids is 1. The van der Waals surface area contributed by atoms with Gasteiger partial charge in [0.15, 0.2) is 0 Å². The maximum Gasteiger partial charge on any atom is 0.337 e. The van der Waals surface area contributed by atoms with Crippen molar-refractivity contribution in [3.05, 3.63) is 46.8 Å².